The molecular formula is C15H8ClF6NO2. The Balaban J connectivity index is 2.38. The van der Waals surface area contributed by atoms with Crippen LogP contribution in [0.1, 0.15) is 21.5 Å². The van der Waals surface area contributed by atoms with Crippen LogP contribution in [0.4, 0.5) is 32.0 Å². The largest absolute Gasteiger partial charge is 0.506 e. The Labute approximate surface area is 141 Å². The van der Waals surface area contributed by atoms with Crippen molar-refractivity contribution in [1.82, 2.24) is 0 Å². The number of aromatic hydroxyl groups is 1. The lowest BCUT2D eigenvalue weighted by atomic mass is 10.1. The summed E-state index contributed by atoms with van der Waals surface area (Å²) in [5.74, 6) is -2.62. The Morgan fingerprint density at radius 3 is 2.20 bits per heavy atom. The van der Waals surface area contributed by atoms with Crippen LogP contribution in [0.3, 0.4) is 0 Å². The Morgan fingerprint density at radius 1 is 1.00 bits per heavy atom. The molecule has 2 N–H and O–H groups in total. The van der Waals surface area contributed by atoms with Crippen molar-refractivity contribution in [3.05, 3.63) is 58.1 Å². The number of alkyl halides is 6. The third kappa shape index (κ3) is 4.36. The molecule has 0 radical (unpaired) electrons. The predicted molar refractivity (Wildman–Crippen MR) is 77.5 cm³/mol. The van der Waals surface area contributed by atoms with Crippen LogP contribution in [-0.2, 0) is 12.4 Å². The number of anilines is 1. The van der Waals surface area contributed by atoms with Gasteiger partial charge in [-0.2, -0.15) is 26.3 Å². The van der Waals surface area contributed by atoms with Crippen molar-refractivity contribution in [2.45, 2.75) is 12.4 Å². The van der Waals surface area contributed by atoms with Crippen molar-refractivity contribution in [2.24, 2.45) is 0 Å². The summed E-state index contributed by atoms with van der Waals surface area (Å²) < 4.78 is 76.3. The fourth-order valence-electron chi connectivity index (χ4n) is 1.96. The lowest BCUT2D eigenvalue weighted by molar-refractivity contribution is -0.139. The summed E-state index contributed by atoms with van der Waals surface area (Å²) in [7, 11) is 0. The number of nitrogens with one attached hydrogen (secondary N) is 1. The summed E-state index contributed by atoms with van der Waals surface area (Å²) in [6.45, 7) is 0. The highest BCUT2D eigenvalue weighted by Crippen LogP contribution is 2.39. The number of carbonyl (C=O) groups excluding carboxylic acids is 1. The first-order valence-corrected chi connectivity index (χ1v) is 6.85. The molecule has 1 amide bonds. The van der Waals surface area contributed by atoms with E-state index in [0.717, 1.165) is 24.3 Å². The second kappa shape index (κ2) is 6.47. The van der Waals surface area contributed by atoms with Gasteiger partial charge in [0.15, 0.2) is 0 Å². The first kappa shape index (κ1) is 18.9. The van der Waals surface area contributed by atoms with Gasteiger partial charge < -0.3 is 10.4 Å². The maximum Gasteiger partial charge on any atom is 0.420 e. The monoisotopic (exact) mass is 383 g/mol. The second-order valence-electron chi connectivity index (χ2n) is 4.88. The van der Waals surface area contributed by atoms with E-state index in [0.29, 0.717) is 12.1 Å². The summed E-state index contributed by atoms with van der Waals surface area (Å²) in [4.78, 5) is 12.0. The molecule has 0 spiro atoms. The number of halogens is 7. The first-order valence-electron chi connectivity index (χ1n) is 6.48. The van der Waals surface area contributed by atoms with Crippen LogP contribution in [0, 0.1) is 0 Å². The maximum atomic E-state index is 12.8. The van der Waals surface area contributed by atoms with Gasteiger partial charge in [0.1, 0.15) is 5.75 Å². The van der Waals surface area contributed by atoms with E-state index in [1.54, 1.807) is 0 Å². The molecule has 0 aliphatic rings. The number of carbonyl (C=O) groups is 1. The molecule has 0 atom stereocenters. The highest BCUT2D eigenvalue weighted by molar-refractivity contribution is 6.31. The van der Waals surface area contributed by atoms with Gasteiger partial charge in [-0.05, 0) is 30.3 Å². The summed E-state index contributed by atoms with van der Waals surface area (Å²) in [6, 6.07) is 4.68. The van der Waals surface area contributed by atoms with Gasteiger partial charge in [0, 0.05) is 10.7 Å². The van der Waals surface area contributed by atoms with Gasteiger partial charge in [-0.3, -0.25) is 4.79 Å². The minimum Gasteiger partial charge on any atom is -0.506 e. The average Bonchev–Trinajstić information content (AvgIpc) is 2.47. The molecule has 0 unspecified atom stereocenters. The molecular weight excluding hydrogens is 376 g/mol. The number of phenolic OH excluding ortho intramolecular Hbond substituents is 1. The highest BCUT2D eigenvalue weighted by Gasteiger charge is 2.36. The third-order valence-corrected chi connectivity index (χ3v) is 3.29. The fourth-order valence-corrected chi connectivity index (χ4v) is 2.18. The van der Waals surface area contributed by atoms with E-state index >= 15 is 0 Å². The number of hydrogen-bond acceptors (Lipinski definition) is 2. The second-order valence-corrected chi connectivity index (χ2v) is 5.32. The van der Waals surface area contributed by atoms with E-state index in [2.05, 4.69) is 0 Å². The normalized spacial score (nSPS) is 12.1. The molecule has 2 aromatic carbocycles. The molecule has 0 saturated heterocycles. The molecule has 25 heavy (non-hydrogen) atoms. The summed E-state index contributed by atoms with van der Waals surface area (Å²) in [5, 5.41) is 11.2. The predicted octanol–water partition coefficient (Wildman–Crippen LogP) is 5.34. The minimum atomic E-state index is -4.97. The number of amides is 1. The van der Waals surface area contributed by atoms with Crippen LogP contribution in [-0.4, -0.2) is 11.0 Å². The third-order valence-electron chi connectivity index (χ3n) is 3.07. The van der Waals surface area contributed by atoms with Gasteiger partial charge in [0.05, 0.1) is 16.7 Å². The van der Waals surface area contributed by atoms with Gasteiger partial charge in [0.25, 0.3) is 5.91 Å². The van der Waals surface area contributed by atoms with Gasteiger partial charge >= 0.3 is 12.4 Å². The van der Waals surface area contributed by atoms with E-state index in [1.165, 1.54) is 0 Å². The molecule has 0 bridgehead atoms. The molecule has 0 saturated carbocycles. The molecule has 0 aromatic heterocycles. The molecule has 2 aromatic rings. The average molecular weight is 384 g/mol. The lowest BCUT2D eigenvalue weighted by Gasteiger charge is -2.14. The van der Waals surface area contributed by atoms with Crippen molar-refractivity contribution in [3.63, 3.8) is 0 Å². The Morgan fingerprint density at radius 2 is 1.64 bits per heavy atom. The molecule has 0 fully saturated rings. The SMILES string of the molecule is O=C(Nc1cccc(C(F)(F)F)c1)c1cc(Cl)cc(C(F)(F)F)c1O. The molecule has 0 aliphatic carbocycles. The molecule has 10 heteroatoms. The molecule has 0 heterocycles. The van der Waals surface area contributed by atoms with Gasteiger partial charge in [0.2, 0.25) is 0 Å². The maximum absolute atomic E-state index is 12.8. The van der Waals surface area contributed by atoms with Crippen LogP contribution >= 0.6 is 11.6 Å². The standard InChI is InChI=1S/C15H8ClF6NO2/c16-8-5-10(12(24)11(6-8)15(20,21)22)13(25)23-9-3-1-2-7(4-9)14(17,18)19/h1-6,24H,(H,23,25). The zero-order valence-corrected chi connectivity index (χ0v) is 12.7. The summed E-state index contributed by atoms with van der Waals surface area (Å²) in [6.07, 6.45) is -9.64. The quantitative estimate of drug-likeness (QED) is 0.688. The van der Waals surface area contributed by atoms with Crippen LogP contribution in [0.25, 0.3) is 0 Å². The van der Waals surface area contributed by atoms with Gasteiger partial charge in [-0.1, -0.05) is 17.7 Å². The number of rotatable bonds is 2. The van der Waals surface area contributed by atoms with Crippen LogP contribution in [0.5, 0.6) is 5.75 Å². The zero-order chi connectivity index (χ0) is 19.0. The smallest absolute Gasteiger partial charge is 0.420 e. The first-order chi connectivity index (χ1) is 11.4. The van der Waals surface area contributed by atoms with E-state index in [-0.39, 0.29) is 5.69 Å². The highest BCUT2D eigenvalue weighted by atomic mass is 35.5. The Kier molecular flexibility index (Phi) is 4.90. The van der Waals surface area contributed by atoms with E-state index in [9.17, 15) is 36.2 Å². The molecule has 134 valence electrons. The molecule has 3 nitrogen and oxygen atoms in total. The Hall–Kier alpha value is -2.42. The van der Waals surface area contributed by atoms with Crippen LogP contribution in [0.15, 0.2) is 36.4 Å². The number of phenols is 1. The van der Waals surface area contributed by atoms with Crippen molar-refractivity contribution >= 4 is 23.2 Å². The van der Waals surface area contributed by atoms with Crippen molar-refractivity contribution in [2.75, 3.05) is 5.32 Å². The zero-order valence-electron chi connectivity index (χ0n) is 12.0. The van der Waals surface area contributed by atoms with E-state index in [1.807, 2.05) is 5.32 Å². The minimum absolute atomic E-state index is 0.312. The topological polar surface area (TPSA) is 49.3 Å². The van der Waals surface area contributed by atoms with Crippen molar-refractivity contribution in [1.29, 1.82) is 0 Å². The van der Waals surface area contributed by atoms with Crippen LogP contribution < -0.4 is 5.32 Å². The van der Waals surface area contributed by atoms with Gasteiger partial charge in [-0.15, -0.1) is 0 Å². The number of hydrogen-bond donors (Lipinski definition) is 2. The Bertz CT molecular complexity index is 817. The fraction of sp³-hybridized carbons (Fsp3) is 0.133. The van der Waals surface area contributed by atoms with Gasteiger partial charge in [-0.25, -0.2) is 0 Å². The molecule has 2 rings (SSSR count). The molecule has 0 aliphatic heterocycles. The van der Waals surface area contributed by atoms with E-state index < -0.39 is 45.7 Å². The summed E-state index contributed by atoms with van der Waals surface area (Å²) in [5.41, 5.74) is -3.73. The van der Waals surface area contributed by atoms with Crippen LogP contribution in [0.2, 0.25) is 5.02 Å². The summed E-state index contributed by atoms with van der Waals surface area (Å²) >= 11 is 5.52. The number of benzene rings is 2. The van der Waals surface area contributed by atoms with E-state index in [4.69, 9.17) is 11.6 Å². The van der Waals surface area contributed by atoms with Crippen molar-refractivity contribution < 1.29 is 36.2 Å². The lowest BCUT2D eigenvalue weighted by Crippen LogP contribution is -2.15. The van der Waals surface area contributed by atoms with Crippen molar-refractivity contribution in [3.8, 4) is 5.75 Å².